The Hall–Kier alpha value is -2.39. The van der Waals surface area contributed by atoms with Gasteiger partial charge in [0.1, 0.15) is 5.82 Å². The first-order valence-electron chi connectivity index (χ1n) is 9.69. The van der Waals surface area contributed by atoms with Crippen LogP contribution in [0.2, 0.25) is 10.0 Å². The first-order valence-corrected chi connectivity index (χ1v) is 10.4. The van der Waals surface area contributed by atoms with Crippen molar-refractivity contribution in [3.05, 3.63) is 69.0 Å². The Morgan fingerprint density at radius 2 is 1.90 bits per heavy atom. The lowest BCUT2D eigenvalue weighted by Gasteiger charge is -2.33. The van der Waals surface area contributed by atoms with E-state index in [1.807, 2.05) is 12.1 Å². The molecule has 1 atom stereocenters. The Bertz CT molecular complexity index is 960. The van der Waals surface area contributed by atoms with Crippen LogP contribution in [-0.4, -0.2) is 49.2 Å². The van der Waals surface area contributed by atoms with E-state index in [1.54, 1.807) is 6.07 Å². The summed E-state index contributed by atoms with van der Waals surface area (Å²) in [5.41, 5.74) is 6.54. The second-order valence-corrected chi connectivity index (χ2v) is 8.03. The number of urea groups is 1. The fourth-order valence-electron chi connectivity index (χ4n) is 3.27. The van der Waals surface area contributed by atoms with Gasteiger partial charge in [0.05, 0.1) is 28.3 Å². The summed E-state index contributed by atoms with van der Waals surface area (Å²) in [5.74, 6) is -1.55. The maximum absolute atomic E-state index is 13.5. The second-order valence-electron chi connectivity index (χ2n) is 7.22. The van der Waals surface area contributed by atoms with E-state index in [2.05, 4.69) is 15.5 Å². The highest BCUT2D eigenvalue weighted by atomic mass is 35.5. The maximum Gasteiger partial charge on any atom is 0.315 e. The predicted octanol–water partition coefficient (Wildman–Crippen LogP) is 2.93. The molecule has 0 aromatic heterocycles. The molecule has 10 heteroatoms. The van der Waals surface area contributed by atoms with Crippen molar-refractivity contribution in [3.63, 3.8) is 0 Å². The van der Waals surface area contributed by atoms with Gasteiger partial charge >= 0.3 is 6.03 Å². The van der Waals surface area contributed by atoms with Crippen LogP contribution in [0, 0.1) is 5.82 Å². The SMILES string of the molecule is NC(=O)c1cc(CNC(=O)NC[C@H]2CN(Cc3ccc(Cl)c(Cl)c3)CCO2)ccc1F. The number of halogens is 3. The van der Waals surface area contributed by atoms with Crippen LogP contribution in [0.5, 0.6) is 0 Å². The van der Waals surface area contributed by atoms with Crippen LogP contribution >= 0.6 is 23.2 Å². The third-order valence-electron chi connectivity index (χ3n) is 4.85. The molecule has 166 valence electrons. The van der Waals surface area contributed by atoms with Crippen molar-refractivity contribution in [2.24, 2.45) is 5.73 Å². The summed E-state index contributed by atoms with van der Waals surface area (Å²) in [6, 6.07) is 9.11. The smallest absolute Gasteiger partial charge is 0.315 e. The monoisotopic (exact) mass is 468 g/mol. The molecule has 1 saturated heterocycles. The van der Waals surface area contributed by atoms with Gasteiger partial charge in [0, 0.05) is 32.7 Å². The first-order chi connectivity index (χ1) is 14.8. The van der Waals surface area contributed by atoms with Crippen molar-refractivity contribution in [1.29, 1.82) is 0 Å². The average molecular weight is 469 g/mol. The van der Waals surface area contributed by atoms with Gasteiger partial charge in [-0.3, -0.25) is 9.69 Å². The van der Waals surface area contributed by atoms with Gasteiger partial charge in [-0.25, -0.2) is 9.18 Å². The summed E-state index contributed by atoms with van der Waals surface area (Å²) >= 11 is 12.0. The number of benzene rings is 2. The van der Waals surface area contributed by atoms with Gasteiger partial charge in [-0.15, -0.1) is 0 Å². The molecule has 0 radical (unpaired) electrons. The largest absolute Gasteiger partial charge is 0.374 e. The van der Waals surface area contributed by atoms with Crippen molar-refractivity contribution >= 4 is 35.1 Å². The molecule has 0 saturated carbocycles. The molecule has 1 heterocycles. The number of ether oxygens (including phenoxy) is 1. The first kappa shape index (κ1) is 23.3. The number of nitrogens with zero attached hydrogens (tertiary/aromatic N) is 1. The van der Waals surface area contributed by atoms with E-state index in [9.17, 15) is 14.0 Å². The van der Waals surface area contributed by atoms with Gasteiger partial charge in [0.2, 0.25) is 0 Å². The van der Waals surface area contributed by atoms with Crippen molar-refractivity contribution in [2.75, 3.05) is 26.2 Å². The van der Waals surface area contributed by atoms with Crippen LogP contribution in [0.3, 0.4) is 0 Å². The lowest BCUT2D eigenvalue weighted by atomic mass is 10.1. The molecule has 31 heavy (non-hydrogen) atoms. The fourth-order valence-corrected chi connectivity index (χ4v) is 3.59. The van der Waals surface area contributed by atoms with Gasteiger partial charge in [-0.05, 0) is 35.4 Å². The van der Waals surface area contributed by atoms with Crippen LogP contribution < -0.4 is 16.4 Å². The second kappa shape index (κ2) is 10.8. The third-order valence-corrected chi connectivity index (χ3v) is 5.59. The number of amides is 3. The number of hydrogen-bond acceptors (Lipinski definition) is 4. The van der Waals surface area contributed by atoms with E-state index in [4.69, 9.17) is 33.7 Å². The highest BCUT2D eigenvalue weighted by molar-refractivity contribution is 6.42. The quantitative estimate of drug-likeness (QED) is 0.581. The molecule has 2 aromatic rings. The number of carbonyl (C=O) groups is 2. The molecule has 1 fully saturated rings. The molecule has 0 aliphatic carbocycles. The molecule has 2 aromatic carbocycles. The van der Waals surface area contributed by atoms with Gasteiger partial charge in [0.15, 0.2) is 0 Å². The summed E-state index contributed by atoms with van der Waals surface area (Å²) in [6.07, 6.45) is -0.158. The molecule has 0 spiro atoms. The van der Waals surface area contributed by atoms with Crippen LogP contribution in [-0.2, 0) is 17.8 Å². The molecule has 0 unspecified atom stereocenters. The Morgan fingerprint density at radius 1 is 1.13 bits per heavy atom. The molecular weight excluding hydrogens is 446 g/mol. The number of morpholine rings is 1. The molecule has 3 rings (SSSR count). The van der Waals surface area contributed by atoms with Crippen LogP contribution in [0.15, 0.2) is 36.4 Å². The summed E-state index contributed by atoms with van der Waals surface area (Å²) < 4.78 is 19.3. The maximum atomic E-state index is 13.5. The normalized spacial score (nSPS) is 16.7. The van der Waals surface area contributed by atoms with E-state index in [0.29, 0.717) is 41.8 Å². The van der Waals surface area contributed by atoms with E-state index in [-0.39, 0.29) is 18.2 Å². The minimum atomic E-state index is -0.858. The number of hydrogen-bond donors (Lipinski definition) is 3. The topological polar surface area (TPSA) is 96.7 Å². The molecular formula is C21H23Cl2FN4O3. The number of primary amides is 1. The number of carbonyl (C=O) groups excluding carboxylic acids is 2. The molecule has 1 aliphatic heterocycles. The molecule has 4 N–H and O–H groups in total. The van der Waals surface area contributed by atoms with Gasteiger partial charge in [-0.1, -0.05) is 35.3 Å². The van der Waals surface area contributed by atoms with Crippen molar-refractivity contribution in [1.82, 2.24) is 15.5 Å². The standard InChI is InChI=1S/C21H23Cl2FN4O3/c22-17-3-1-14(8-18(17)23)11-28-5-6-31-15(12-28)10-27-21(30)26-9-13-2-4-19(24)16(7-13)20(25)29/h1-4,7-8,15H,5-6,9-12H2,(H2,25,29)(H2,26,27,30)/t15-/m0/s1. The van der Waals surface area contributed by atoms with Crippen molar-refractivity contribution < 1.29 is 18.7 Å². The van der Waals surface area contributed by atoms with E-state index in [1.165, 1.54) is 12.1 Å². The minimum Gasteiger partial charge on any atom is -0.374 e. The Morgan fingerprint density at radius 3 is 2.65 bits per heavy atom. The highest BCUT2D eigenvalue weighted by Crippen LogP contribution is 2.23. The van der Waals surface area contributed by atoms with Crippen molar-refractivity contribution in [3.8, 4) is 0 Å². The lowest BCUT2D eigenvalue weighted by molar-refractivity contribution is -0.0287. The number of rotatable bonds is 7. The van der Waals surface area contributed by atoms with Gasteiger partial charge in [-0.2, -0.15) is 0 Å². The third kappa shape index (κ3) is 6.80. The van der Waals surface area contributed by atoms with Gasteiger partial charge < -0.3 is 21.1 Å². The average Bonchev–Trinajstić information content (AvgIpc) is 2.74. The Balaban J connectivity index is 1.44. The van der Waals surface area contributed by atoms with Gasteiger partial charge in [0.25, 0.3) is 5.91 Å². The predicted molar refractivity (Wildman–Crippen MR) is 117 cm³/mol. The van der Waals surface area contributed by atoms with Crippen LogP contribution in [0.1, 0.15) is 21.5 Å². The summed E-state index contributed by atoms with van der Waals surface area (Å²) in [4.78, 5) is 25.5. The Labute approximate surface area is 189 Å². The highest BCUT2D eigenvalue weighted by Gasteiger charge is 2.21. The molecule has 7 nitrogen and oxygen atoms in total. The number of nitrogens with one attached hydrogen (secondary N) is 2. The van der Waals surface area contributed by atoms with E-state index >= 15 is 0 Å². The Kier molecular flexibility index (Phi) is 8.09. The zero-order valence-corrected chi connectivity index (χ0v) is 18.2. The summed E-state index contributed by atoms with van der Waals surface area (Å²) in [5, 5.41) is 6.47. The van der Waals surface area contributed by atoms with E-state index < -0.39 is 17.8 Å². The summed E-state index contributed by atoms with van der Waals surface area (Å²) in [6.45, 7) is 3.15. The molecule has 3 amide bonds. The lowest BCUT2D eigenvalue weighted by Crippen LogP contribution is -2.48. The van der Waals surface area contributed by atoms with Crippen LogP contribution in [0.4, 0.5) is 9.18 Å². The zero-order chi connectivity index (χ0) is 22.4. The van der Waals surface area contributed by atoms with E-state index in [0.717, 1.165) is 18.2 Å². The molecule has 0 bridgehead atoms. The fraction of sp³-hybridized carbons (Fsp3) is 0.333. The van der Waals surface area contributed by atoms with Crippen LogP contribution in [0.25, 0.3) is 0 Å². The zero-order valence-electron chi connectivity index (χ0n) is 16.7. The van der Waals surface area contributed by atoms with Crippen molar-refractivity contribution in [2.45, 2.75) is 19.2 Å². The number of nitrogens with two attached hydrogens (primary N) is 1. The minimum absolute atomic E-state index is 0.126. The summed E-state index contributed by atoms with van der Waals surface area (Å²) in [7, 11) is 0. The molecule has 1 aliphatic rings.